The Morgan fingerprint density at radius 1 is 1.21 bits per heavy atom. The Labute approximate surface area is 168 Å². The minimum Gasteiger partial charge on any atom is -0.338 e. The molecule has 0 spiro atoms. The maximum Gasteiger partial charge on any atom is 0.265 e. The van der Waals surface area contributed by atoms with E-state index in [4.69, 9.17) is 0 Å². The first-order valence-corrected chi connectivity index (χ1v) is 10.4. The van der Waals surface area contributed by atoms with Gasteiger partial charge in [0, 0.05) is 24.6 Å². The largest absolute Gasteiger partial charge is 0.338 e. The number of piperidine rings is 1. The van der Waals surface area contributed by atoms with Crippen LogP contribution in [0.15, 0.2) is 36.0 Å². The van der Waals surface area contributed by atoms with Crippen LogP contribution in [0.2, 0.25) is 0 Å². The van der Waals surface area contributed by atoms with Crippen molar-refractivity contribution in [2.45, 2.75) is 12.8 Å². The van der Waals surface area contributed by atoms with E-state index < -0.39 is 0 Å². The summed E-state index contributed by atoms with van der Waals surface area (Å²) in [6.07, 6.45) is 2.65. The molecule has 1 aromatic carbocycles. The van der Waals surface area contributed by atoms with Gasteiger partial charge in [-0.05, 0) is 25.0 Å². The zero-order valence-electron chi connectivity index (χ0n) is 14.7. The van der Waals surface area contributed by atoms with Crippen molar-refractivity contribution >= 4 is 39.6 Å². The van der Waals surface area contributed by atoms with Gasteiger partial charge >= 0.3 is 0 Å². The molecule has 144 valence electrons. The Balaban J connectivity index is 1.37. The van der Waals surface area contributed by atoms with Gasteiger partial charge < -0.3 is 10.2 Å². The average molecular weight is 417 g/mol. The lowest BCUT2D eigenvalue weighted by atomic mass is 9.96. The van der Waals surface area contributed by atoms with Gasteiger partial charge in [0.1, 0.15) is 21.2 Å². The summed E-state index contributed by atoms with van der Waals surface area (Å²) in [6, 6.07) is 6.36. The smallest absolute Gasteiger partial charge is 0.265 e. The third kappa shape index (κ3) is 3.92. The highest BCUT2D eigenvalue weighted by atomic mass is 32.1. The number of hydrogen-bond donors (Lipinski definition) is 1. The third-order valence-corrected chi connectivity index (χ3v) is 6.19. The number of anilines is 1. The number of carbonyl (C=O) groups is 2. The quantitative estimate of drug-likeness (QED) is 0.704. The number of thiazole rings is 1. The van der Waals surface area contributed by atoms with Gasteiger partial charge in [0.2, 0.25) is 11.0 Å². The van der Waals surface area contributed by atoms with Gasteiger partial charge in [-0.3, -0.25) is 9.59 Å². The van der Waals surface area contributed by atoms with Crippen molar-refractivity contribution in [3.63, 3.8) is 0 Å². The van der Waals surface area contributed by atoms with E-state index in [-0.39, 0.29) is 23.5 Å². The Morgan fingerprint density at radius 2 is 2.00 bits per heavy atom. The second-order valence-corrected chi connectivity index (χ2v) is 8.17. The molecule has 0 radical (unpaired) electrons. The molecule has 0 unspecified atom stereocenters. The number of likely N-dealkylation sites (tertiary alicyclic amines) is 1. The van der Waals surface area contributed by atoms with Crippen molar-refractivity contribution < 1.29 is 14.0 Å². The normalized spacial score (nSPS) is 14.8. The molecule has 0 saturated carbocycles. The van der Waals surface area contributed by atoms with E-state index in [0.29, 0.717) is 46.5 Å². The lowest BCUT2D eigenvalue weighted by Crippen LogP contribution is -2.41. The summed E-state index contributed by atoms with van der Waals surface area (Å²) in [7, 11) is 0. The third-order valence-electron chi connectivity index (χ3n) is 4.56. The second-order valence-electron chi connectivity index (χ2n) is 6.31. The maximum atomic E-state index is 13.9. The highest BCUT2D eigenvalue weighted by molar-refractivity contribution is 7.16. The van der Waals surface area contributed by atoms with Crippen molar-refractivity contribution in [1.29, 1.82) is 0 Å². The molecule has 1 saturated heterocycles. The van der Waals surface area contributed by atoms with Crippen molar-refractivity contribution in [3.05, 3.63) is 46.7 Å². The number of halogens is 1. The summed E-state index contributed by atoms with van der Waals surface area (Å²) in [4.78, 5) is 31.4. The van der Waals surface area contributed by atoms with E-state index in [2.05, 4.69) is 20.5 Å². The summed E-state index contributed by atoms with van der Waals surface area (Å²) in [5, 5.41) is 11.2. The lowest BCUT2D eigenvalue weighted by molar-refractivity contribution is -0.121. The van der Waals surface area contributed by atoms with Crippen LogP contribution >= 0.6 is 22.7 Å². The van der Waals surface area contributed by atoms with E-state index >= 15 is 0 Å². The van der Waals surface area contributed by atoms with Gasteiger partial charge in [0.05, 0.1) is 6.20 Å². The van der Waals surface area contributed by atoms with Gasteiger partial charge in [0.15, 0.2) is 0 Å². The monoisotopic (exact) mass is 417 g/mol. The predicted octanol–water partition coefficient (Wildman–Crippen LogP) is 3.29. The molecule has 1 N–H and O–H groups in total. The summed E-state index contributed by atoms with van der Waals surface area (Å²) < 4.78 is 13.9. The molecule has 10 heteroatoms. The van der Waals surface area contributed by atoms with Crippen molar-refractivity contribution in [3.8, 4) is 10.6 Å². The van der Waals surface area contributed by atoms with E-state index in [0.717, 1.165) is 0 Å². The van der Waals surface area contributed by atoms with Crippen molar-refractivity contribution in [2.75, 3.05) is 18.4 Å². The Morgan fingerprint density at radius 3 is 2.71 bits per heavy atom. The molecule has 2 amide bonds. The number of amides is 2. The molecule has 1 fully saturated rings. The van der Waals surface area contributed by atoms with E-state index in [1.54, 1.807) is 28.6 Å². The zero-order chi connectivity index (χ0) is 19.5. The van der Waals surface area contributed by atoms with Crippen LogP contribution in [0.25, 0.3) is 10.6 Å². The van der Waals surface area contributed by atoms with Crippen molar-refractivity contribution in [1.82, 2.24) is 20.1 Å². The van der Waals surface area contributed by atoms with Crippen LogP contribution < -0.4 is 5.32 Å². The van der Waals surface area contributed by atoms with Gasteiger partial charge in [-0.2, -0.15) is 0 Å². The van der Waals surface area contributed by atoms with Crippen LogP contribution in [0.5, 0.6) is 0 Å². The van der Waals surface area contributed by atoms with E-state index in [1.807, 2.05) is 0 Å². The molecule has 28 heavy (non-hydrogen) atoms. The first kappa shape index (κ1) is 18.6. The first-order chi connectivity index (χ1) is 13.6. The highest BCUT2D eigenvalue weighted by Crippen LogP contribution is 2.29. The zero-order valence-corrected chi connectivity index (χ0v) is 16.3. The fraction of sp³-hybridized carbons (Fsp3) is 0.278. The topological polar surface area (TPSA) is 88.1 Å². The van der Waals surface area contributed by atoms with Gasteiger partial charge in [-0.1, -0.05) is 23.5 Å². The maximum absolute atomic E-state index is 13.9. The van der Waals surface area contributed by atoms with Crippen LogP contribution in [0.4, 0.5) is 9.52 Å². The molecule has 0 aliphatic carbocycles. The molecule has 2 aromatic heterocycles. The lowest BCUT2D eigenvalue weighted by Gasteiger charge is -2.30. The molecule has 3 aromatic rings. The average Bonchev–Trinajstić information content (AvgIpc) is 3.40. The second kappa shape index (κ2) is 8.11. The molecule has 1 aliphatic rings. The molecule has 4 rings (SSSR count). The van der Waals surface area contributed by atoms with Gasteiger partial charge in [0.25, 0.3) is 5.91 Å². The number of carbonyl (C=O) groups excluding carboxylic acids is 2. The molecule has 0 atom stereocenters. The summed E-state index contributed by atoms with van der Waals surface area (Å²) in [5.74, 6) is -0.756. The minimum atomic E-state index is -0.363. The SMILES string of the molecule is O=C(Nc1nncs1)C1CCN(C(=O)c2cnc(-c3ccccc3F)s2)CC1. The Hall–Kier alpha value is -2.72. The van der Waals surface area contributed by atoms with Crippen LogP contribution in [-0.4, -0.2) is 45.0 Å². The Kier molecular flexibility index (Phi) is 5.40. The number of benzene rings is 1. The number of hydrogen-bond acceptors (Lipinski definition) is 7. The molecule has 7 nitrogen and oxygen atoms in total. The van der Waals surface area contributed by atoms with E-state index in [9.17, 15) is 14.0 Å². The van der Waals surface area contributed by atoms with Crippen LogP contribution in [0.1, 0.15) is 22.5 Å². The van der Waals surface area contributed by atoms with Gasteiger partial charge in [-0.25, -0.2) is 9.37 Å². The number of aromatic nitrogens is 3. The van der Waals surface area contributed by atoms with Crippen LogP contribution in [0, 0.1) is 11.7 Å². The number of nitrogens with one attached hydrogen (secondary N) is 1. The molecular weight excluding hydrogens is 401 g/mol. The minimum absolute atomic E-state index is 0.0940. The number of nitrogens with zero attached hydrogens (tertiary/aromatic N) is 4. The standard InChI is InChI=1S/C18H16FN5O2S2/c19-13-4-2-1-3-12(13)16-20-9-14(28-16)17(26)24-7-5-11(6-8-24)15(25)22-18-23-21-10-27-18/h1-4,9-11H,5-8H2,(H,22,23,25). The number of rotatable bonds is 4. The molecule has 3 heterocycles. The van der Waals surface area contributed by atoms with Gasteiger partial charge in [-0.15, -0.1) is 21.5 Å². The molecule has 0 bridgehead atoms. The van der Waals surface area contributed by atoms with Crippen LogP contribution in [-0.2, 0) is 4.79 Å². The van der Waals surface area contributed by atoms with Crippen molar-refractivity contribution in [2.24, 2.45) is 5.92 Å². The summed E-state index contributed by atoms with van der Waals surface area (Å²) in [5.41, 5.74) is 1.94. The fourth-order valence-electron chi connectivity index (χ4n) is 3.07. The predicted molar refractivity (Wildman–Crippen MR) is 105 cm³/mol. The highest BCUT2D eigenvalue weighted by Gasteiger charge is 2.29. The summed E-state index contributed by atoms with van der Waals surface area (Å²) >= 11 is 2.44. The first-order valence-electron chi connectivity index (χ1n) is 8.69. The fourth-order valence-corrected chi connectivity index (χ4v) is 4.43. The van der Waals surface area contributed by atoms with Crippen LogP contribution in [0.3, 0.4) is 0 Å². The summed E-state index contributed by atoms with van der Waals surface area (Å²) in [6.45, 7) is 0.972. The van der Waals surface area contributed by atoms with E-state index in [1.165, 1.54) is 34.9 Å². The molecular formula is C18H16FN5O2S2. The Bertz CT molecular complexity index is 984. The molecule has 1 aliphatic heterocycles.